The Balaban J connectivity index is 0.00000363. The summed E-state index contributed by atoms with van der Waals surface area (Å²) in [6, 6.07) is 6.82. The van der Waals surface area contributed by atoms with Gasteiger partial charge in [-0.05, 0) is 56.0 Å². The molecule has 2 N–H and O–H groups in total. The van der Waals surface area contributed by atoms with Crippen LogP contribution >= 0.6 is 24.0 Å². The van der Waals surface area contributed by atoms with Crippen molar-refractivity contribution in [1.82, 2.24) is 25.5 Å². The van der Waals surface area contributed by atoms with E-state index in [0.717, 1.165) is 88.2 Å². The third kappa shape index (κ3) is 8.50. The van der Waals surface area contributed by atoms with Crippen molar-refractivity contribution >= 4 is 35.9 Å². The molecule has 1 aliphatic heterocycles. The highest BCUT2D eigenvalue weighted by Gasteiger charge is 2.18. The van der Waals surface area contributed by atoms with Crippen molar-refractivity contribution in [3.8, 4) is 0 Å². The van der Waals surface area contributed by atoms with E-state index in [9.17, 15) is 4.39 Å². The van der Waals surface area contributed by atoms with E-state index < -0.39 is 0 Å². The van der Waals surface area contributed by atoms with E-state index in [1.165, 1.54) is 6.07 Å². The van der Waals surface area contributed by atoms with Crippen LogP contribution in [0.15, 0.2) is 41.7 Å². The maximum atomic E-state index is 13.2. The minimum Gasteiger partial charge on any atom is -0.357 e. The number of nitrogens with one attached hydrogen (secondary N) is 2. The van der Waals surface area contributed by atoms with E-state index >= 15 is 0 Å². The summed E-state index contributed by atoms with van der Waals surface area (Å²) in [6.45, 7) is 11.4. The summed E-state index contributed by atoms with van der Waals surface area (Å²) in [6.07, 6.45) is 5.45. The minimum atomic E-state index is -0.182. The first-order valence-corrected chi connectivity index (χ1v) is 11.2. The molecule has 2 aromatic rings. The monoisotopic (exact) mass is 555 g/mol. The zero-order chi connectivity index (χ0) is 21.9. The number of aromatic nitrogens is 2. The molecule has 0 aliphatic carbocycles. The standard InChI is InChI=1S/C23H34FN7.HI/c1-3-25-22(27-12-8-20-6-7-21(24)18-19(20)2)26-11-5-13-30-14-16-31(17-15-30)23-28-9-4-10-29-23;/h4,6-7,9-10,18H,3,5,8,11-17H2,1-2H3,(H2,25,26,27);1H. The van der Waals surface area contributed by atoms with Gasteiger partial charge in [0.2, 0.25) is 5.95 Å². The van der Waals surface area contributed by atoms with Crippen molar-refractivity contribution in [1.29, 1.82) is 0 Å². The molecule has 0 atom stereocenters. The Morgan fingerprint density at radius 3 is 2.56 bits per heavy atom. The number of nitrogens with zero attached hydrogens (tertiary/aromatic N) is 5. The molecule has 9 heteroatoms. The Morgan fingerprint density at radius 1 is 1.12 bits per heavy atom. The van der Waals surface area contributed by atoms with Crippen molar-refractivity contribution in [2.45, 2.75) is 26.7 Å². The van der Waals surface area contributed by atoms with Gasteiger partial charge in [-0.3, -0.25) is 9.89 Å². The molecule has 0 amide bonds. The number of benzene rings is 1. The molecule has 1 saturated heterocycles. The number of rotatable bonds is 9. The molecule has 0 bridgehead atoms. The van der Waals surface area contributed by atoms with Gasteiger partial charge in [-0.2, -0.15) is 0 Å². The van der Waals surface area contributed by atoms with E-state index in [1.807, 2.05) is 19.1 Å². The molecule has 32 heavy (non-hydrogen) atoms. The van der Waals surface area contributed by atoms with Crippen LogP contribution in [0.5, 0.6) is 0 Å². The lowest BCUT2D eigenvalue weighted by Gasteiger charge is -2.34. The van der Waals surface area contributed by atoms with Crippen LogP contribution in [-0.4, -0.2) is 73.2 Å². The van der Waals surface area contributed by atoms with E-state index in [1.54, 1.807) is 18.5 Å². The number of aliphatic imine (C=N–C) groups is 1. The van der Waals surface area contributed by atoms with Crippen LogP contribution in [0.2, 0.25) is 0 Å². The quantitative estimate of drug-likeness (QED) is 0.215. The van der Waals surface area contributed by atoms with Gasteiger partial charge in [0.15, 0.2) is 5.96 Å². The van der Waals surface area contributed by atoms with Gasteiger partial charge >= 0.3 is 0 Å². The summed E-state index contributed by atoms with van der Waals surface area (Å²) in [5.74, 6) is 1.48. The topological polar surface area (TPSA) is 68.7 Å². The minimum absolute atomic E-state index is 0. The fourth-order valence-electron chi connectivity index (χ4n) is 3.71. The molecule has 1 aliphatic rings. The summed E-state index contributed by atoms with van der Waals surface area (Å²) in [5, 5.41) is 6.68. The number of piperazine rings is 1. The summed E-state index contributed by atoms with van der Waals surface area (Å²) in [7, 11) is 0. The molecule has 1 aromatic carbocycles. The van der Waals surface area contributed by atoms with Gasteiger partial charge in [-0.15, -0.1) is 24.0 Å². The zero-order valence-electron chi connectivity index (χ0n) is 19.1. The largest absolute Gasteiger partial charge is 0.357 e. The fourth-order valence-corrected chi connectivity index (χ4v) is 3.71. The number of hydrogen-bond donors (Lipinski definition) is 2. The molecule has 2 heterocycles. The Hall–Kier alpha value is -2.01. The van der Waals surface area contributed by atoms with Crippen LogP contribution in [0, 0.1) is 12.7 Å². The highest BCUT2D eigenvalue weighted by Crippen LogP contribution is 2.11. The summed E-state index contributed by atoms with van der Waals surface area (Å²) in [5.41, 5.74) is 2.15. The number of halogens is 2. The SMILES string of the molecule is CCNC(=NCCCN1CCN(c2ncccn2)CC1)NCCc1ccc(F)cc1C.I. The van der Waals surface area contributed by atoms with Gasteiger partial charge in [0.05, 0.1) is 0 Å². The number of guanidine groups is 1. The Kier molecular flexibility index (Phi) is 11.6. The molecule has 0 unspecified atom stereocenters. The highest BCUT2D eigenvalue weighted by molar-refractivity contribution is 14.0. The molecular weight excluding hydrogens is 520 g/mol. The molecule has 7 nitrogen and oxygen atoms in total. The maximum absolute atomic E-state index is 13.2. The molecule has 0 spiro atoms. The molecular formula is C23H35FIN7. The third-order valence-electron chi connectivity index (χ3n) is 5.45. The van der Waals surface area contributed by atoms with Crippen molar-refractivity contribution in [2.75, 3.05) is 57.3 Å². The second kappa shape index (κ2) is 14.2. The van der Waals surface area contributed by atoms with Crippen molar-refractivity contribution < 1.29 is 4.39 Å². The average Bonchev–Trinajstić information content (AvgIpc) is 2.79. The van der Waals surface area contributed by atoms with Crippen molar-refractivity contribution in [3.05, 3.63) is 53.6 Å². The molecule has 0 radical (unpaired) electrons. The lowest BCUT2D eigenvalue weighted by atomic mass is 10.1. The predicted molar refractivity (Wildman–Crippen MR) is 140 cm³/mol. The summed E-state index contributed by atoms with van der Waals surface area (Å²) >= 11 is 0. The first-order valence-electron chi connectivity index (χ1n) is 11.2. The number of aryl methyl sites for hydroxylation is 1. The van der Waals surface area contributed by atoms with E-state index in [0.29, 0.717) is 0 Å². The molecule has 176 valence electrons. The molecule has 1 aromatic heterocycles. The van der Waals surface area contributed by atoms with Gasteiger partial charge in [0, 0.05) is 64.8 Å². The van der Waals surface area contributed by atoms with Gasteiger partial charge < -0.3 is 15.5 Å². The van der Waals surface area contributed by atoms with Crippen molar-refractivity contribution in [3.63, 3.8) is 0 Å². The summed E-state index contributed by atoms with van der Waals surface area (Å²) < 4.78 is 13.2. The van der Waals surface area contributed by atoms with E-state index in [-0.39, 0.29) is 29.8 Å². The van der Waals surface area contributed by atoms with Crippen LogP contribution < -0.4 is 15.5 Å². The normalized spacial score (nSPS) is 14.7. The first-order chi connectivity index (χ1) is 15.2. The Bertz CT molecular complexity index is 826. The Morgan fingerprint density at radius 2 is 1.88 bits per heavy atom. The molecule has 3 rings (SSSR count). The second-order valence-electron chi connectivity index (χ2n) is 7.74. The van der Waals surface area contributed by atoms with Crippen LogP contribution in [0.1, 0.15) is 24.5 Å². The lowest BCUT2D eigenvalue weighted by molar-refractivity contribution is 0.255. The van der Waals surface area contributed by atoms with Gasteiger partial charge in [0.1, 0.15) is 5.82 Å². The molecule has 0 saturated carbocycles. The van der Waals surface area contributed by atoms with Crippen LogP contribution in [0.25, 0.3) is 0 Å². The smallest absolute Gasteiger partial charge is 0.225 e. The van der Waals surface area contributed by atoms with Crippen LogP contribution in [-0.2, 0) is 6.42 Å². The highest BCUT2D eigenvalue weighted by atomic mass is 127. The van der Waals surface area contributed by atoms with Crippen molar-refractivity contribution in [2.24, 2.45) is 4.99 Å². The average molecular weight is 555 g/mol. The van der Waals surface area contributed by atoms with Crippen LogP contribution in [0.4, 0.5) is 10.3 Å². The Labute approximate surface area is 207 Å². The van der Waals surface area contributed by atoms with E-state index in [2.05, 4.69) is 37.3 Å². The van der Waals surface area contributed by atoms with Gasteiger partial charge in [-0.25, -0.2) is 14.4 Å². The first kappa shape index (κ1) is 26.2. The van der Waals surface area contributed by atoms with Gasteiger partial charge in [-0.1, -0.05) is 6.07 Å². The van der Waals surface area contributed by atoms with E-state index in [4.69, 9.17) is 4.99 Å². The maximum Gasteiger partial charge on any atom is 0.225 e. The number of anilines is 1. The molecule has 1 fully saturated rings. The fraction of sp³-hybridized carbons (Fsp3) is 0.522. The lowest BCUT2D eigenvalue weighted by Crippen LogP contribution is -2.47. The predicted octanol–water partition coefficient (Wildman–Crippen LogP) is 2.85. The second-order valence-corrected chi connectivity index (χ2v) is 7.74. The third-order valence-corrected chi connectivity index (χ3v) is 5.45. The summed E-state index contributed by atoms with van der Waals surface area (Å²) in [4.78, 5) is 18.1. The van der Waals surface area contributed by atoms with Gasteiger partial charge in [0.25, 0.3) is 0 Å². The zero-order valence-corrected chi connectivity index (χ0v) is 21.4. The number of hydrogen-bond acceptors (Lipinski definition) is 5. The van der Waals surface area contributed by atoms with Crippen LogP contribution in [0.3, 0.4) is 0 Å².